The number of fused-ring (bicyclic) bond motifs is 1. The van der Waals surface area contributed by atoms with Crippen molar-refractivity contribution in [2.45, 2.75) is 0 Å². The van der Waals surface area contributed by atoms with Crippen LogP contribution >= 0.6 is 11.6 Å². The molecule has 0 radical (unpaired) electrons. The van der Waals surface area contributed by atoms with Gasteiger partial charge < -0.3 is 5.73 Å². The number of aromatic nitrogens is 2. The maximum atomic E-state index is 5.92. The molecule has 0 saturated carbocycles. The molecule has 0 amide bonds. The monoisotopic (exact) mass is 243 g/mol. The van der Waals surface area contributed by atoms with Gasteiger partial charge in [-0.25, -0.2) is 4.98 Å². The average Bonchev–Trinajstić information content (AvgIpc) is 2.80. The number of nitrogen functional groups attached to an aromatic ring is 1. The van der Waals surface area contributed by atoms with E-state index in [0.717, 1.165) is 16.9 Å². The summed E-state index contributed by atoms with van der Waals surface area (Å²) in [5.41, 5.74) is 9.39. The summed E-state index contributed by atoms with van der Waals surface area (Å²) in [7, 11) is 0. The van der Waals surface area contributed by atoms with Crippen LogP contribution in [0.15, 0.2) is 48.8 Å². The van der Waals surface area contributed by atoms with Crippen molar-refractivity contribution in [3.8, 4) is 11.3 Å². The van der Waals surface area contributed by atoms with Crippen molar-refractivity contribution in [3.63, 3.8) is 0 Å². The van der Waals surface area contributed by atoms with Gasteiger partial charge in [-0.2, -0.15) is 0 Å². The maximum Gasteiger partial charge on any atom is 0.137 e. The van der Waals surface area contributed by atoms with Crippen LogP contribution < -0.4 is 5.73 Å². The van der Waals surface area contributed by atoms with Crippen molar-refractivity contribution in [3.05, 3.63) is 53.8 Å². The minimum absolute atomic E-state index is 0.576. The van der Waals surface area contributed by atoms with Crippen LogP contribution in [0.4, 0.5) is 5.69 Å². The van der Waals surface area contributed by atoms with Gasteiger partial charge in [-0.1, -0.05) is 23.7 Å². The molecule has 0 atom stereocenters. The molecule has 0 bridgehead atoms. The second-order valence-electron chi connectivity index (χ2n) is 3.80. The number of benzene rings is 1. The van der Waals surface area contributed by atoms with Gasteiger partial charge in [0.05, 0.1) is 16.4 Å². The SMILES string of the molecule is Nc1cc(-c2cccc3nccn23)ccc1Cl. The molecule has 0 fully saturated rings. The van der Waals surface area contributed by atoms with E-state index >= 15 is 0 Å². The van der Waals surface area contributed by atoms with Gasteiger partial charge in [-0.3, -0.25) is 4.40 Å². The molecule has 0 aliphatic heterocycles. The van der Waals surface area contributed by atoms with Crippen molar-refractivity contribution in [1.29, 1.82) is 0 Å². The number of pyridine rings is 1. The Kier molecular flexibility index (Phi) is 2.27. The molecule has 0 aliphatic carbocycles. The Hall–Kier alpha value is -2.00. The molecular weight excluding hydrogens is 234 g/mol. The van der Waals surface area contributed by atoms with E-state index in [4.69, 9.17) is 17.3 Å². The summed E-state index contributed by atoms with van der Waals surface area (Å²) in [5, 5.41) is 0.576. The van der Waals surface area contributed by atoms with Crippen LogP contribution in [0.3, 0.4) is 0 Å². The first-order valence-electron chi connectivity index (χ1n) is 5.23. The third-order valence-electron chi connectivity index (χ3n) is 2.72. The summed E-state index contributed by atoms with van der Waals surface area (Å²) >= 11 is 5.92. The molecule has 0 aliphatic rings. The van der Waals surface area contributed by atoms with Gasteiger partial charge in [0.2, 0.25) is 0 Å². The van der Waals surface area contributed by atoms with Crippen LogP contribution in [0, 0.1) is 0 Å². The van der Waals surface area contributed by atoms with Crippen molar-refractivity contribution in [2.75, 3.05) is 5.73 Å². The summed E-state index contributed by atoms with van der Waals surface area (Å²) in [4.78, 5) is 4.25. The third kappa shape index (κ3) is 1.65. The summed E-state index contributed by atoms with van der Waals surface area (Å²) in [6, 6.07) is 11.6. The van der Waals surface area contributed by atoms with Crippen LogP contribution in [0.25, 0.3) is 16.9 Å². The lowest BCUT2D eigenvalue weighted by molar-refractivity contribution is 1.19. The molecule has 0 saturated heterocycles. The lowest BCUT2D eigenvalue weighted by Gasteiger charge is -2.07. The van der Waals surface area contributed by atoms with Crippen molar-refractivity contribution in [2.24, 2.45) is 0 Å². The molecule has 3 nitrogen and oxygen atoms in total. The van der Waals surface area contributed by atoms with Crippen LogP contribution in [0.5, 0.6) is 0 Å². The Morgan fingerprint density at radius 3 is 2.88 bits per heavy atom. The zero-order chi connectivity index (χ0) is 11.8. The number of anilines is 1. The Labute approximate surface area is 103 Å². The number of halogens is 1. The number of nitrogens with two attached hydrogens (primary N) is 1. The molecule has 0 unspecified atom stereocenters. The van der Waals surface area contributed by atoms with Gasteiger partial charge in [-0.15, -0.1) is 0 Å². The summed E-state index contributed by atoms with van der Waals surface area (Å²) < 4.78 is 2.02. The quantitative estimate of drug-likeness (QED) is 0.667. The molecule has 0 spiro atoms. The van der Waals surface area contributed by atoms with Crippen LogP contribution in [0.1, 0.15) is 0 Å². The highest BCUT2D eigenvalue weighted by Crippen LogP contribution is 2.27. The molecule has 17 heavy (non-hydrogen) atoms. The number of imidazole rings is 1. The molecule has 2 N–H and O–H groups in total. The minimum Gasteiger partial charge on any atom is -0.398 e. The first kappa shape index (κ1) is 10.2. The van der Waals surface area contributed by atoms with E-state index in [2.05, 4.69) is 4.98 Å². The zero-order valence-electron chi connectivity index (χ0n) is 8.97. The molecule has 3 rings (SSSR count). The minimum atomic E-state index is 0.576. The third-order valence-corrected chi connectivity index (χ3v) is 3.06. The zero-order valence-corrected chi connectivity index (χ0v) is 9.72. The van der Waals surface area contributed by atoms with Gasteiger partial charge in [0, 0.05) is 18.0 Å². The van der Waals surface area contributed by atoms with Crippen LogP contribution in [-0.2, 0) is 0 Å². The summed E-state index contributed by atoms with van der Waals surface area (Å²) in [6.07, 6.45) is 3.70. The molecule has 4 heteroatoms. The molecule has 84 valence electrons. The van der Waals surface area contributed by atoms with Gasteiger partial charge in [0.1, 0.15) is 5.65 Å². The largest absolute Gasteiger partial charge is 0.398 e. The predicted octanol–water partition coefficient (Wildman–Crippen LogP) is 3.24. The number of hydrogen-bond acceptors (Lipinski definition) is 2. The van der Waals surface area contributed by atoms with Gasteiger partial charge in [-0.05, 0) is 24.3 Å². The number of nitrogens with zero attached hydrogens (tertiary/aromatic N) is 2. The van der Waals surface area contributed by atoms with Crippen LogP contribution in [0.2, 0.25) is 5.02 Å². The van der Waals surface area contributed by atoms with E-state index in [1.807, 2.05) is 47.0 Å². The summed E-state index contributed by atoms with van der Waals surface area (Å²) in [5.74, 6) is 0. The number of rotatable bonds is 1. The second kappa shape index (κ2) is 3.79. The lowest BCUT2D eigenvalue weighted by atomic mass is 10.1. The fourth-order valence-corrected chi connectivity index (χ4v) is 2.00. The lowest BCUT2D eigenvalue weighted by Crippen LogP contribution is -1.92. The van der Waals surface area contributed by atoms with E-state index in [1.165, 1.54) is 0 Å². The topological polar surface area (TPSA) is 43.3 Å². The summed E-state index contributed by atoms with van der Waals surface area (Å²) in [6.45, 7) is 0. The Morgan fingerprint density at radius 2 is 2.06 bits per heavy atom. The molecule has 2 aromatic heterocycles. The average molecular weight is 244 g/mol. The van der Waals surface area contributed by atoms with Gasteiger partial charge >= 0.3 is 0 Å². The fraction of sp³-hybridized carbons (Fsp3) is 0. The van der Waals surface area contributed by atoms with Gasteiger partial charge in [0.15, 0.2) is 0 Å². The number of hydrogen-bond donors (Lipinski definition) is 1. The first-order chi connectivity index (χ1) is 8.25. The normalized spacial score (nSPS) is 10.9. The van der Waals surface area contributed by atoms with Gasteiger partial charge in [0.25, 0.3) is 0 Å². The maximum absolute atomic E-state index is 5.92. The van der Waals surface area contributed by atoms with E-state index < -0.39 is 0 Å². The van der Waals surface area contributed by atoms with Crippen LogP contribution in [-0.4, -0.2) is 9.38 Å². The standard InChI is InChI=1S/C13H10ClN3/c14-10-5-4-9(8-11(10)15)12-2-1-3-13-16-6-7-17(12)13/h1-8H,15H2. The van der Waals surface area contributed by atoms with Crippen molar-refractivity contribution in [1.82, 2.24) is 9.38 Å². The highest BCUT2D eigenvalue weighted by atomic mass is 35.5. The van der Waals surface area contributed by atoms with Crippen molar-refractivity contribution < 1.29 is 0 Å². The van der Waals surface area contributed by atoms with E-state index in [9.17, 15) is 0 Å². The highest BCUT2D eigenvalue weighted by molar-refractivity contribution is 6.33. The first-order valence-corrected chi connectivity index (χ1v) is 5.61. The Balaban J connectivity index is 2.26. The highest BCUT2D eigenvalue weighted by Gasteiger charge is 2.05. The van der Waals surface area contributed by atoms with Crippen molar-refractivity contribution >= 4 is 22.9 Å². The smallest absolute Gasteiger partial charge is 0.137 e. The molecule has 1 aromatic carbocycles. The molecule has 2 heterocycles. The second-order valence-corrected chi connectivity index (χ2v) is 4.21. The fourth-order valence-electron chi connectivity index (χ4n) is 1.89. The predicted molar refractivity (Wildman–Crippen MR) is 70.1 cm³/mol. The molecule has 3 aromatic rings. The van der Waals surface area contributed by atoms with E-state index in [1.54, 1.807) is 6.20 Å². The Morgan fingerprint density at radius 1 is 1.18 bits per heavy atom. The molecular formula is C13H10ClN3. The van der Waals surface area contributed by atoms with E-state index in [0.29, 0.717) is 10.7 Å². The van der Waals surface area contributed by atoms with E-state index in [-0.39, 0.29) is 0 Å². The Bertz CT molecular complexity index is 688.